The van der Waals surface area contributed by atoms with Crippen LogP contribution in [-0.2, 0) is 0 Å². The van der Waals surface area contributed by atoms with Crippen LogP contribution in [0.2, 0.25) is 0 Å². The Morgan fingerprint density at radius 3 is 3.00 bits per heavy atom. The van der Waals surface area contributed by atoms with Gasteiger partial charge in [0, 0.05) is 37.9 Å². The second-order valence-corrected chi connectivity index (χ2v) is 4.84. The van der Waals surface area contributed by atoms with Crippen LogP contribution in [0.4, 0.5) is 10.1 Å². The van der Waals surface area contributed by atoms with E-state index in [1.165, 1.54) is 6.07 Å². The van der Waals surface area contributed by atoms with Crippen molar-refractivity contribution in [3.05, 3.63) is 30.1 Å². The maximum absolute atomic E-state index is 13.2. The molecule has 1 N–H and O–H groups in total. The number of piperazine rings is 1. The summed E-state index contributed by atoms with van der Waals surface area (Å²) in [6.07, 6.45) is 0. The molecule has 1 unspecified atom stereocenters. The topological polar surface area (TPSA) is 18.5 Å². The summed E-state index contributed by atoms with van der Waals surface area (Å²) in [5.74, 6) is -0.162. The molecule has 0 amide bonds. The molecule has 1 fully saturated rings. The van der Waals surface area contributed by atoms with Crippen molar-refractivity contribution in [3.8, 4) is 0 Å². The molecule has 3 nitrogen and oxygen atoms in total. The molecule has 1 saturated heterocycles. The molecule has 1 aromatic rings. The summed E-state index contributed by atoms with van der Waals surface area (Å²) in [6, 6.07) is 7.29. The highest BCUT2D eigenvalue weighted by Crippen LogP contribution is 2.17. The van der Waals surface area contributed by atoms with Crippen molar-refractivity contribution in [1.29, 1.82) is 0 Å². The van der Waals surface area contributed by atoms with E-state index in [0.717, 1.165) is 31.9 Å². The van der Waals surface area contributed by atoms with E-state index in [4.69, 9.17) is 0 Å². The summed E-state index contributed by atoms with van der Waals surface area (Å²) in [4.78, 5) is 4.42. The van der Waals surface area contributed by atoms with Gasteiger partial charge in [-0.25, -0.2) is 4.39 Å². The zero-order valence-corrected chi connectivity index (χ0v) is 10.5. The number of halogens is 1. The molecule has 0 bridgehead atoms. The van der Waals surface area contributed by atoms with Crippen LogP contribution in [0.1, 0.15) is 0 Å². The maximum atomic E-state index is 13.2. The van der Waals surface area contributed by atoms with Crippen LogP contribution >= 0.6 is 0 Å². The first-order valence-corrected chi connectivity index (χ1v) is 6.04. The maximum Gasteiger partial charge on any atom is 0.125 e. The molecule has 0 radical (unpaired) electrons. The molecule has 94 valence electrons. The molecular weight excluding hydrogens is 217 g/mol. The smallest absolute Gasteiger partial charge is 0.125 e. The van der Waals surface area contributed by atoms with Crippen molar-refractivity contribution in [1.82, 2.24) is 10.2 Å². The second-order valence-electron chi connectivity index (χ2n) is 4.84. The average molecular weight is 237 g/mol. The van der Waals surface area contributed by atoms with Gasteiger partial charge in [-0.1, -0.05) is 6.07 Å². The minimum Gasteiger partial charge on any atom is -0.369 e. The molecule has 1 aromatic carbocycles. The molecular formula is C13H20FN3. The quantitative estimate of drug-likeness (QED) is 0.851. The summed E-state index contributed by atoms with van der Waals surface area (Å²) < 4.78 is 13.2. The number of anilines is 1. The molecule has 0 spiro atoms. The normalized spacial score (nSPS) is 20.9. The predicted octanol–water partition coefficient (Wildman–Crippen LogP) is 1.17. The van der Waals surface area contributed by atoms with Crippen LogP contribution < -0.4 is 10.2 Å². The third kappa shape index (κ3) is 3.41. The van der Waals surface area contributed by atoms with E-state index in [1.54, 1.807) is 12.1 Å². The van der Waals surface area contributed by atoms with Crippen LogP contribution in [0, 0.1) is 5.82 Å². The van der Waals surface area contributed by atoms with Gasteiger partial charge >= 0.3 is 0 Å². The van der Waals surface area contributed by atoms with Crippen LogP contribution in [0.15, 0.2) is 24.3 Å². The number of benzene rings is 1. The van der Waals surface area contributed by atoms with Crippen LogP contribution in [0.25, 0.3) is 0 Å². The highest BCUT2D eigenvalue weighted by atomic mass is 19.1. The van der Waals surface area contributed by atoms with E-state index in [0.29, 0.717) is 6.04 Å². The standard InChI is InChI=1S/C13H20FN3/c1-16(2)9-12-10-17(7-6-15-12)13-5-3-4-11(14)8-13/h3-5,8,12,15H,6-7,9-10H2,1-2H3. The number of nitrogens with one attached hydrogen (secondary N) is 1. The molecule has 17 heavy (non-hydrogen) atoms. The van der Waals surface area contributed by atoms with Gasteiger partial charge in [0.25, 0.3) is 0 Å². The average Bonchev–Trinajstić information content (AvgIpc) is 2.28. The molecule has 1 aliphatic heterocycles. The molecule has 1 heterocycles. The first-order chi connectivity index (χ1) is 8.15. The van der Waals surface area contributed by atoms with Crippen molar-refractivity contribution in [3.63, 3.8) is 0 Å². The number of hydrogen-bond acceptors (Lipinski definition) is 3. The Morgan fingerprint density at radius 2 is 2.29 bits per heavy atom. The zero-order chi connectivity index (χ0) is 12.3. The lowest BCUT2D eigenvalue weighted by Gasteiger charge is -2.36. The van der Waals surface area contributed by atoms with Gasteiger partial charge in [-0.05, 0) is 32.3 Å². The molecule has 0 aliphatic carbocycles. The lowest BCUT2D eigenvalue weighted by atomic mass is 10.1. The fourth-order valence-corrected chi connectivity index (χ4v) is 2.30. The third-order valence-corrected chi connectivity index (χ3v) is 3.01. The Kier molecular flexibility index (Phi) is 3.97. The first-order valence-electron chi connectivity index (χ1n) is 6.04. The van der Waals surface area contributed by atoms with Crippen molar-refractivity contribution >= 4 is 5.69 Å². The van der Waals surface area contributed by atoms with E-state index in [1.807, 2.05) is 6.07 Å². The molecule has 0 saturated carbocycles. The summed E-state index contributed by atoms with van der Waals surface area (Å²) in [7, 11) is 4.14. The number of rotatable bonds is 3. The number of hydrogen-bond donors (Lipinski definition) is 1. The molecule has 1 atom stereocenters. The third-order valence-electron chi connectivity index (χ3n) is 3.01. The van der Waals surface area contributed by atoms with E-state index in [-0.39, 0.29) is 5.82 Å². The van der Waals surface area contributed by atoms with Crippen molar-refractivity contribution in [2.75, 3.05) is 45.2 Å². The van der Waals surface area contributed by atoms with Gasteiger partial charge in [-0.2, -0.15) is 0 Å². The molecule has 1 aliphatic rings. The van der Waals surface area contributed by atoms with Crippen molar-refractivity contribution in [2.24, 2.45) is 0 Å². The van der Waals surface area contributed by atoms with E-state index in [9.17, 15) is 4.39 Å². The summed E-state index contributed by atoms with van der Waals surface area (Å²) in [5.41, 5.74) is 0.982. The highest BCUT2D eigenvalue weighted by Gasteiger charge is 2.19. The molecule has 0 aromatic heterocycles. The SMILES string of the molecule is CN(C)CC1CN(c2cccc(F)c2)CCN1. The van der Waals surface area contributed by atoms with Crippen molar-refractivity contribution in [2.45, 2.75) is 6.04 Å². The van der Waals surface area contributed by atoms with Crippen LogP contribution in [0.5, 0.6) is 0 Å². The lowest BCUT2D eigenvalue weighted by molar-refractivity contribution is 0.323. The highest BCUT2D eigenvalue weighted by molar-refractivity contribution is 5.47. The predicted molar refractivity (Wildman–Crippen MR) is 69.0 cm³/mol. The van der Waals surface area contributed by atoms with Gasteiger partial charge in [0.2, 0.25) is 0 Å². The van der Waals surface area contributed by atoms with Gasteiger partial charge in [0.15, 0.2) is 0 Å². The Labute approximate surface area is 102 Å². The monoisotopic (exact) mass is 237 g/mol. The Morgan fingerprint density at radius 1 is 1.47 bits per heavy atom. The zero-order valence-electron chi connectivity index (χ0n) is 10.5. The second kappa shape index (κ2) is 5.47. The van der Waals surface area contributed by atoms with Crippen molar-refractivity contribution < 1.29 is 4.39 Å². The Balaban J connectivity index is 2.02. The number of likely N-dealkylation sites (N-methyl/N-ethyl adjacent to an activating group) is 1. The Hall–Kier alpha value is -1.13. The van der Waals surface area contributed by atoms with Crippen LogP contribution in [-0.4, -0.2) is 51.2 Å². The van der Waals surface area contributed by atoms with Gasteiger partial charge < -0.3 is 15.1 Å². The van der Waals surface area contributed by atoms with Gasteiger partial charge in [-0.15, -0.1) is 0 Å². The van der Waals surface area contributed by atoms with Crippen LogP contribution in [0.3, 0.4) is 0 Å². The Bertz CT molecular complexity index is 367. The summed E-state index contributed by atoms with van der Waals surface area (Å²) in [6.45, 7) is 3.83. The van der Waals surface area contributed by atoms with Gasteiger partial charge in [0.05, 0.1) is 0 Å². The molecule has 4 heteroatoms. The van der Waals surface area contributed by atoms with E-state index >= 15 is 0 Å². The largest absolute Gasteiger partial charge is 0.369 e. The minimum absolute atomic E-state index is 0.162. The first kappa shape index (κ1) is 12.3. The lowest BCUT2D eigenvalue weighted by Crippen LogP contribution is -2.54. The van der Waals surface area contributed by atoms with Gasteiger partial charge in [0.1, 0.15) is 5.82 Å². The fourth-order valence-electron chi connectivity index (χ4n) is 2.30. The fraction of sp³-hybridized carbons (Fsp3) is 0.538. The van der Waals surface area contributed by atoms with E-state index < -0.39 is 0 Å². The van der Waals surface area contributed by atoms with Gasteiger partial charge in [-0.3, -0.25) is 0 Å². The minimum atomic E-state index is -0.162. The molecule has 2 rings (SSSR count). The summed E-state index contributed by atoms with van der Waals surface area (Å²) in [5, 5.41) is 3.49. The summed E-state index contributed by atoms with van der Waals surface area (Å²) >= 11 is 0. The number of nitrogens with zero attached hydrogens (tertiary/aromatic N) is 2. The van der Waals surface area contributed by atoms with E-state index in [2.05, 4.69) is 29.2 Å².